The molecule has 0 amide bonds. The van der Waals surface area contributed by atoms with Crippen LogP contribution in [0.5, 0.6) is 0 Å². The molecular formula is C20H48Ti2. The quantitative estimate of drug-likeness (QED) is 0.366. The second kappa shape index (κ2) is 11.9. The van der Waals surface area contributed by atoms with Crippen molar-refractivity contribution in [1.29, 1.82) is 0 Å². The number of hydrogen-bond donors (Lipinski definition) is 0. The van der Waals surface area contributed by atoms with Crippen LogP contribution in [0, 0.1) is 0 Å². The van der Waals surface area contributed by atoms with Crippen LogP contribution in [0.1, 0.15) is 83.1 Å². The Kier molecular flexibility index (Phi) is 13.9. The van der Waals surface area contributed by atoms with Gasteiger partial charge in [0.1, 0.15) is 0 Å². The van der Waals surface area contributed by atoms with Gasteiger partial charge in [-0.1, -0.05) is 0 Å². The van der Waals surface area contributed by atoms with Gasteiger partial charge in [0.2, 0.25) is 0 Å². The zero-order chi connectivity index (χ0) is 18.1. The fourth-order valence-corrected chi connectivity index (χ4v) is 22.7. The minimum atomic E-state index is -1.67. The van der Waals surface area contributed by atoms with Gasteiger partial charge in [-0.05, 0) is 0 Å². The number of hydrogen-bond acceptors (Lipinski definition) is 0. The van der Waals surface area contributed by atoms with Crippen molar-refractivity contribution in [3.63, 3.8) is 0 Å². The van der Waals surface area contributed by atoms with Crippen molar-refractivity contribution in [1.82, 2.24) is 0 Å². The summed E-state index contributed by atoms with van der Waals surface area (Å²) in [6.07, 6.45) is 0. The molecule has 0 aliphatic heterocycles. The SMILES string of the molecule is C[CH2][Ti]([CH2]C)([CH2]C)[CH2]C.C[CH](C)[Ti]([CH](C)C)([CH](C)C)[CH](C)C. The van der Waals surface area contributed by atoms with Crippen molar-refractivity contribution in [2.45, 2.75) is 119 Å². The molecule has 0 aliphatic rings. The monoisotopic (exact) mass is 384 g/mol. The van der Waals surface area contributed by atoms with Crippen molar-refractivity contribution < 1.29 is 33.2 Å². The molecule has 0 bridgehead atoms. The van der Waals surface area contributed by atoms with E-state index in [1.807, 2.05) is 0 Å². The summed E-state index contributed by atoms with van der Waals surface area (Å²) in [5.74, 6) is 0. The second-order valence-corrected chi connectivity index (χ2v) is 28.0. The first kappa shape index (κ1) is 25.7. The molecular weight excluding hydrogens is 336 g/mol. The Morgan fingerprint density at radius 2 is 0.636 bits per heavy atom. The van der Waals surface area contributed by atoms with Crippen LogP contribution >= 0.6 is 0 Å². The van der Waals surface area contributed by atoms with Crippen molar-refractivity contribution in [2.75, 3.05) is 0 Å². The molecule has 0 aromatic rings. The van der Waals surface area contributed by atoms with Crippen molar-refractivity contribution in [3.05, 3.63) is 0 Å². The van der Waals surface area contributed by atoms with Gasteiger partial charge in [-0.25, -0.2) is 0 Å². The molecule has 0 aliphatic carbocycles. The molecule has 0 unspecified atom stereocenters. The molecule has 0 spiro atoms. The summed E-state index contributed by atoms with van der Waals surface area (Å²) in [7, 11) is 0. The summed E-state index contributed by atoms with van der Waals surface area (Å²) in [6, 6.07) is 0. The van der Waals surface area contributed by atoms with E-state index in [9.17, 15) is 0 Å². The predicted octanol–water partition coefficient (Wildman–Crippen LogP) is 9.35. The van der Waals surface area contributed by atoms with Crippen LogP contribution < -0.4 is 0 Å². The van der Waals surface area contributed by atoms with E-state index >= 15 is 0 Å². The van der Waals surface area contributed by atoms with Crippen LogP contribution in [0.15, 0.2) is 0 Å². The van der Waals surface area contributed by atoms with E-state index in [0.29, 0.717) is 0 Å². The van der Waals surface area contributed by atoms with Crippen LogP contribution in [0.4, 0.5) is 0 Å². The first-order valence-corrected chi connectivity index (χ1v) is 18.0. The molecule has 0 N–H and O–H groups in total. The van der Waals surface area contributed by atoms with Crippen LogP contribution in [-0.2, 0) is 33.2 Å². The molecule has 0 atom stereocenters. The predicted molar refractivity (Wildman–Crippen MR) is 102 cm³/mol. The zero-order valence-corrected chi connectivity index (χ0v) is 21.3. The Morgan fingerprint density at radius 1 is 0.455 bits per heavy atom. The van der Waals surface area contributed by atoms with E-state index in [4.69, 9.17) is 0 Å². The molecule has 0 saturated heterocycles. The van der Waals surface area contributed by atoms with Crippen LogP contribution in [0.2, 0.25) is 35.8 Å². The molecule has 0 aromatic carbocycles. The Labute approximate surface area is 151 Å². The van der Waals surface area contributed by atoms with E-state index in [2.05, 4.69) is 83.1 Å². The summed E-state index contributed by atoms with van der Waals surface area (Å²) < 4.78 is 9.96. The van der Waals surface area contributed by atoms with Gasteiger partial charge < -0.3 is 0 Å². The maximum atomic E-state index is 2.46. The van der Waals surface area contributed by atoms with Crippen molar-refractivity contribution in [2.24, 2.45) is 0 Å². The first-order chi connectivity index (χ1) is 10.0. The normalized spacial score (nSPS) is 13.1. The fourth-order valence-electron chi connectivity index (χ4n) is 5.50. The van der Waals surface area contributed by atoms with Gasteiger partial charge in [0.25, 0.3) is 0 Å². The average Bonchev–Trinajstić information content (AvgIpc) is 2.41. The topological polar surface area (TPSA) is 0 Å². The Balaban J connectivity index is 0. The van der Waals surface area contributed by atoms with Gasteiger partial charge in [-0.15, -0.1) is 0 Å². The Hall–Kier alpha value is 1.43. The van der Waals surface area contributed by atoms with E-state index in [0.717, 1.165) is 16.9 Å². The van der Waals surface area contributed by atoms with Crippen LogP contribution in [0.3, 0.4) is 0 Å². The van der Waals surface area contributed by atoms with Gasteiger partial charge in [-0.2, -0.15) is 0 Å². The molecule has 136 valence electrons. The van der Waals surface area contributed by atoms with E-state index in [1.165, 1.54) is 18.9 Å². The summed E-state index contributed by atoms with van der Waals surface area (Å²) in [4.78, 5) is 0. The third-order valence-corrected chi connectivity index (χ3v) is 28.9. The molecule has 0 nitrogen and oxygen atoms in total. The minimum absolute atomic E-state index is 0.958. The van der Waals surface area contributed by atoms with Crippen molar-refractivity contribution >= 4 is 0 Å². The van der Waals surface area contributed by atoms with Gasteiger partial charge in [-0.3, -0.25) is 0 Å². The molecule has 0 saturated carbocycles. The number of rotatable bonds is 8. The summed E-state index contributed by atoms with van der Waals surface area (Å²) >= 11 is -2.83. The second-order valence-electron chi connectivity index (χ2n) is 8.53. The van der Waals surface area contributed by atoms with E-state index in [-0.39, 0.29) is 0 Å². The standard InChI is InChI=1S/4C3H7.4C2H5.2Ti/c4*1-3-2;4*1-2;;/h4*3H,1-2H3;4*1H2,2H3;;. The fraction of sp³-hybridized carbons (Fsp3) is 1.00. The van der Waals surface area contributed by atoms with Gasteiger partial charge >= 0.3 is 152 Å². The molecule has 0 radical (unpaired) electrons. The Bertz CT molecular complexity index is 208. The van der Waals surface area contributed by atoms with Gasteiger partial charge in [0.05, 0.1) is 0 Å². The summed E-state index contributed by atoms with van der Waals surface area (Å²) in [5, 5.41) is 0. The molecule has 0 fully saturated rings. The molecule has 0 heterocycles. The van der Waals surface area contributed by atoms with Gasteiger partial charge in [0, 0.05) is 0 Å². The Morgan fingerprint density at radius 3 is 0.636 bits per heavy atom. The summed E-state index contributed by atoms with van der Waals surface area (Å²) in [6.45, 7) is 29.2. The van der Waals surface area contributed by atoms with Gasteiger partial charge in [0.15, 0.2) is 0 Å². The molecule has 0 aromatic heterocycles. The third kappa shape index (κ3) is 6.38. The van der Waals surface area contributed by atoms with Crippen LogP contribution in [-0.4, -0.2) is 0 Å². The van der Waals surface area contributed by atoms with Crippen LogP contribution in [0.25, 0.3) is 0 Å². The summed E-state index contributed by atoms with van der Waals surface area (Å²) in [5.41, 5.74) is 0. The van der Waals surface area contributed by atoms with E-state index in [1.54, 1.807) is 0 Å². The maximum absolute atomic E-state index is 2.46. The molecule has 2 heteroatoms. The molecule has 0 rings (SSSR count). The average molecular weight is 384 g/mol. The zero-order valence-electron chi connectivity index (χ0n) is 18.1. The van der Waals surface area contributed by atoms with E-state index < -0.39 is 33.2 Å². The third-order valence-electron chi connectivity index (χ3n) is 7.00. The first-order valence-electron chi connectivity index (χ1n) is 10.0. The van der Waals surface area contributed by atoms with Crippen molar-refractivity contribution in [3.8, 4) is 0 Å². The molecule has 22 heavy (non-hydrogen) atoms.